The molecule has 1 aromatic carbocycles. The number of benzene rings is 1. The van der Waals surface area contributed by atoms with Crippen LogP contribution in [0, 0.1) is 0 Å². The topological polar surface area (TPSA) is 70.7 Å². The summed E-state index contributed by atoms with van der Waals surface area (Å²) in [6, 6.07) is 6.22. The summed E-state index contributed by atoms with van der Waals surface area (Å²) in [5.74, 6) is 0.139. The number of carbonyl (C=O) groups excluding carboxylic acids is 2. The number of piperidine rings is 1. The van der Waals surface area contributed by atoms with Gasteiger partial charge in [0.05, 0.1) is 16.8 Å². The average Bonchev–Trinajstić information content (AvgIpc) is 3.29. The van der Waals surface area contributed by atoms with Crippen molar-refractivity contribution in [3.63, 3.8) is 0 Å². The number of carbonyl (C=O) groups is 2. The number of nitrogens with one attached hydrogen (secondary N) is 2. The molecule has 6 heteroatoms. The molecule has 1 saturated carbocycles. The van der Waals surface area contributed by atoms with Crippen molar-refractivity contribution in [3.05, 3.63) is 23.8 Å². The molecule has 2 N–H and O–H groups in total. The maximum atomic E-state index is 12.4. The molecule has 140 valence electrons. The zero-order chi connectivity index (χ0) is 18.5. The third-order valence-corrected chi connectivity index (χ3v) is 5.46. The summed E-state index contributed by atoms with van der Waals surface area (Å²) >= 11 is 0. The Labute approximate surface area is 154 Å². The van der Waals surface area contributed by atoms with Crippen LogP contribution in [0.15, 0.2) is 18.2 Å². The van der Waals surface area contributed by atoms with Crippen LogP contribution in [0.5, 0.6) is 0 Å². The van der Waals surface area contributed by atoms with Gasteiger partial charge in [0.2, 0.25) is 5.91 Å². The fourth-order valence-electron chi connectivity index (χ4n) is 4.10. The Balaban J connectivity index is 1.49. The quantitative estimate of drug-likeness (QED) is 0.853. The van der Waals surface area contributed by atoms with Crippen LogP contribution >= 0.6 is 0 Å². The van der Waals surface area contributed by atoms with E-state index in [-0.39, 0.29) is 23.5 Å². The smallest absolute Gasteiger partial charge is 0.407 e. The van der Waals surface area contributed by atoms with E-state index in [9.17, 15) is 9.59 Å². The zero-order valence-corrected chi connectivity index (χ0v) is 15.7. The third-order valence-electron chi connectivity index (χ3n) is 5.46. The molecule has 2 amide bonds. The highest BCUT2D eigenvalue weighted by molar-refractivity contribution is 6.11. The minimum atomic E-state index is -0.498. The van der Waals surface area contributed by atoms with Crippen molar-refractivity contribution >= 4 is 23.4 Å². The fraction of sp³-hybridized carbons (Fsp3) is 0.600. The molecule has 4 rings (SSSR count). The van der Waals surface area contributed by atoms with E-state index in [0.29, 0.717) is 0 Å². The first-order chi connectivity index (χ1) is 12.3. The lowest BCUT2D eigenvalue weighted by Gasteiger charge is -2.36. The number of hydrogen-bond acceptors (Lipinski definition) is 4. The molecule has 0 radical (unpaired) electrons. The SMILES string of the molecule is CC(C)(C)OC(=O)N[C@@H]1CCCN(c2cccc3c2NC(=O)C32CC2)C1. The Hall–Kier alpha value is -2.24. The second-order valence-electron chi connectivity index (χ2n) is 8.67. The minimum absolute atomic E-state index is 0.0430. The second-order valence-corrected chi connectivity index (χ2v) is 8.67. The molecular weight excluding hydrogens is 330 g/mol. The summed E-state index contributed by atoms with van der Waals surface area (Å²) in [6.07, 6.45) is 3.44. The molecule has 2 heterocycles. The van der Waals surface area contributed by atoms with Crippen molar-refractivity contribution in [2.75, 3.05) is 23.3 Å². The second kappa shape index (κ2) is 5.89. The van der Waals surface area contributed by atoms with Gasteiger partial charge in [0.15, 0.2) is 0 Å². The van der Waals surface area contributed by atoms with Crippen molar-refractivity contribution in [3.8, 4) is 0 Å². The van der Waals surface area contributed by atoms with E-state index in [0.717, 1.165) is 55.7 Å². The van der Waals surface area contributed by atoms with Crippen LogP contribution in [-0.4, -0.2) is 36.7 Å². The van der Waals surface area contributed by atoms with Gasteiger partial charge in [0.25, 0.3) is 0 Å². The summed E-state index contributed by atoms with van der Waals surface area (Å²) in [4.78, 5) is 26.7. The summed E-state index contributed by atoms with van der Waals surface area (Å²) in [5.41, 5.74) is 2.40. The molecule has 2 fully saturated rings. The predicted molar refractivity (Wildman–Crippen MR) is 101 cm³/mol. The molecule has 26 heavy (non-hydrogen) atoms. The molecule has 0 bridgehead atoms. The number of ether oxygens (including phenoxy) is 1. The van der Waals surface area contributed by atoms with Crippen LogP contribution in [0.3, 0.4) is 0 Å². The van der Waals surface area contributed by atoms with Crippen molar-refractivity contribution in [1.82, 2.24) is 5.32 Å². The number of fused-ring (bicyclic) bond motifs is 2. The Morgan fingerprint density at radius 3 is 2.81 bits per heavy atom. The van der Waals surface area contributed by atoms with Crippen molar-refractivity contribution in [1.29, 1.82) is 0 Å². The van der Waals surface area contributed by atoms with E-state index in [1.54, 1.807) is 0 Å². The summed E-state index contributed by atoms with van der Waals surface area (Å²) in [6.45, 7) is 7.24. The molecule has 2 aliphatic heterocycles. The van der Waals surface area contributed by atoms with Crippen LogP contribution < -0.4 is 15.5 Å². The van der Waals surface area contributed by atoms with Crippen molar-refractivity contribution in [2.45, 2.75) is 63.5 Å². The standard InChI is InChI=1S/C20H27N3O3/c1-19(2,3)26-18(25)21-13-6-5-11-23(12-13)15-8-4-7-14-16(15)22-17(24)20(14)9-10-20/h4,7-8,13H,5-6,9-12H2,1-3H3,(H,21,25)(H,22,24)/t13-/m1/s1. The molecule has 0 aromatic heterocycles. The number of alkyl carbamates (subject to hydrolysis) is 1. The summed E-state index contributed by atoms with van der Waals surface area (Å²) in [5, 5.41) is 6.10. The molecule has 6 nitrogen and oxygen atoms in total. The van der Waals surface area contributed by atoms with Crippen molar-refractivity contribution < 1.29 is 14.3 Å². The first-order valence-corrected chi connectivity index (χ1v) is 9.48. The number of anilines is 2. The average molecular weight is 357 g/mol. The molecule has 1 aliphatic carbocycles. The Bertz CT molecular complexity index is 749. The van der Waals surface area contributed by atoms with Gasteiger partial charge in [-0.05, 0) is 58.1 Å². The highest BCUT2D eigenvalue weighted by Gasteiger charge is 2.56. The van der Waals surface area contributed by atoms with E-state index in [1.165, 1.54) is 0 Å². The van der Waals surface area contributed by atoms with Gasteiger partial charge in [-0.2, -0.15) is 0 Å². The van der Waals surface area contributed by atoms with E-state index in [1.807, 2.05) is 26.8 Å². The van der Waals surface area contributed by atoms with E-state index < -0.39 is 5.60 Å². The highest BCUT2D eigenvalue weighted by atomic mass is 16.6. The lowest BCUT2D eigenvalue weighted by atomic mass is 9.96. The summed E-state index contributed by atoms with van der Waals surface area (Å²) < 4.78 is 5.38. The molecule has 1 spiro atoms. The maximum Gasteiger partial charge on any atom is 0.407 e. The Morgan fingerprint density at radius 1 is 1.35 bits per heavy atom. The van der Waals surface area contributed by atoms with Crippen LogP contribution in [-0.2, 0) is 14.9 Å². The molecular formula is C20H27N3O3. The molecule has 1 atom stereocenters. The first kappa shape index (κ1) is 17.2. The number of nitrogens with zero attached hydrogens (tertiary/aromatic N) is 1. The largest absolute Gasteiger partial charge is 0.444 e. The number of rotatable bonds is 2. The fourth-order valence-corrected chi connectivity index (χ4v) is 4.10. The van der Waals surface area contributed by atoms with Crippen molar-refractivity contribution in [2.24, 2.45) is 0 Å². The minimum Gasteiger partial charge on any atom is -0.444 e. The lowest BCUT2D eigenvalue weighted by Crippen LogP contribution is -2.49. The zero-order valence-electron chi connectivity index (χ0n) is 15.7. The van der Waals surface area contributed by atoms with Gasteiger partial charge in [0, 0.05) is 19.1 Å². The van der Waals surface area contributed by atoms with Crippen LogP contribution in [0.25, 0.3) is 0 Å². The predicted octanol–water partition coefficient (Wildman–Crippen LogP) is 3.16. The summed E-state index contributed by atoms with van der Waals surface area (Å²) in [7, 11) is 0. The Morgan fingerprint density at radius 2 is 2.12 bits per heavy atom. The molecule has 1 saturated heterocycles. The van der Waals surface area contributed by atoms with Gasteiger partial charge in [-0.15, -0.1) is 0 Å². The monoisotopic (exact) mass is 357 g/mol. The van der Waals surface area contributed by atoms with Crippen LogP contribution in [0.2, 0.25) is 0 Å². The van der Waals surface area contributed by atoms with Gasteiger partial charge < -0.3 is 20.3 Å². The van der Waals surface area contributed by atoms with Crippen LogP contribution in [0.4, 0.5) is 16.2 Å². The maximum absolute atomic E-state index is 12.4. The number of amides is 2. The normalized spacial score (nSPS) is 23.4. The van der Waals surface area contributed by atoms with Gasteiger partial charge in [-0.3, -0.25) is 4.79 Å². The highest BCUT2D eigenvalue weighted by Crippen LogP contribution is 2.57. The molecule has 3 aliphatic rings. The molecule has 1 aromatic rings. The first-order valence-electron chi connectivity index (χ1n) is 9.48. The van der Waals surface area contributed by atoms with E-state index >= 15 is 0 Å². The Kier molecular flexibility index (Phi) is 3.90. The van der Waals surface area contributed by atoms with E-state index in [2.05, 4.69) is 27.7 Å². The molecule has 0 unspecified atom stereocenters. The van der Waals surface area contributed by atoms with Gasteiger partial charge in [-0.1, -0.05) is 12.1 Å². The number of hydrogen-bond donors (Lipinski definition) is 2. The lowest BCUT2D eigenvalue weighted by molar-refractivity contribution is -0.117. The van der Waals surface area contributed by atoms with Gasteiger partial charge in [0.1, 0.15) is 5.60 Å². The third kappa shape index (κ3) is 3.02. The van der Waals surface area contributed by atoms with Gasteiger partial charge >= 0.3 is 6.09 Å². The van der Waals surface area contributed by atoms with Gasteiger partial charge in [-0.25, -0.2) is 4.79 Å². The number of para-hydroxylation sites is 1. The van der Waals surface area contributed by atoms with Crippen LogP contribution in [0.1, 0.15) is 52.0 Å². The van der Waals surface area contributed by atoms with E-state index in [4.69, 9.17) is 4.74 Å².